The van der Waals surface area contributed by atoms with Gasteiger partial charge in [0.25, 0.3) is 5.69 Å². The number of nitrogens with one attached hydrogen (secondary N) is 1. The first-order valence-corrected chi connectivity index (χ1v) is 8.35. The second-order valence-electron chi connectivity index (χ2n) is 6.61. The standard InChI is InChI=1S/C19H20N4O3/c1-12(2)8-17-18(24)21-15(19(26-3)23(17)25)11-22-7-6-14-9-13(10-20)4-5-16(14)22/h4-7,9,12H,8,11H2,1-3H3,(H,21,24). The smallest absolute Gasteiger partial charge is 0.401 e. The Kier molecular flexibility index (Phi) is 4.67. The van der Waals surface area contributed by atoms with Crippen molar-refractivity contribution >= 4 is 10.9 Å². The van der Waals surface area contributed by atoms with Crippen molar-refractivity contribution in [3.8, 4) is 11.9 Å². The van der Waals surface area contributed by atoms with Gasteiger partial charge in [0, 0.05) is 23.5 Å². The Labute approximate surface area is 150 Å². The SMILES string of the molecule is COc1c(Cn2ccc3cc(C#N)ccc32)[nH]c(=O)c(CC(C)C)[n+]1[O-]. The van der Waals surface area contributed by atoms with E-state index in [1.54, 1.807) is 12.1 Å². The summed E-state index contributed by atoms with van der Waals surface area (Å²) in [4.78, 5) is 15.2. The number of aromatic nitrogens is 3. The first-order chi connectivity index (χ1) is 12.4. The van der Waals surface area contributed by atoms with Crippen LogP contribution in [0.4, 0.5) is 0 Å². The molecule has 1 aromatic carbocycles. The fourth-order valence-electron chi connectivity index (χ4n) is 3.05. The van der Waals surface area contributed by atoms with Gasteiger partial charge in [-0.1, -0.05) is 13.8 Å². The van der Waals surface area contributed by atoms with Gasteiger partial charge in [-0.15, -0.1) is 4.73 Å². The van der Waals surface area contributed by atoms with E-state index in [4.69, 9.17) is 10.00 Å². The van der Waals surface area contributed by atoms with Crippen molar-refractivity contribution in [2.75, 3.05) is 7.11 Å². The summed E-state index contributed by atoms with van der Waals surface area (Å²) in [6.45, 7) is 4.17. The van der Waals surface area contributed by atoms with Gasteiger partial charge in [0.15, 0.2) is 5.69 Å². The molecule has 0 aliphatic carbocycles. The summed E-state index contributed by atoms with van der Waals surface area (Å²) in [5.41, 5.74) is 1.64. The molecule has 0 aliphatic rings. The molecule has 26 heavy (non-hydrogen) atoms. The molecule has 0 aliphatic heterocycles. The molecular weight excluding hydrogens is 332 g/mol. The Bertz CT molecular complexity index is 1060. The van der Waals surface area contributed by atoms with Crippen LogP contribution in [0.3, 0.4) is 0 Å². The van der Waals surface area contributed by atoms with Crippen molar-refractivity contribution in [2.45, 2.75) is 26.8 Å². The molecular formula is C19H20N4O3. The molecule has 0 bridgehead atoms. The first kappa shape index (κ1) is 17.5. The Morgan fingerprint density at radius 3 is 2.81 bits per heavy atom. The van der Waals surface area contributed by atoms with Crippen LogP contribution in [0.15, 0.2) is 35.3 Å². The highest BCUT2D eigenvalue weighted by atomic mass is 16.5. The van der Waals surface area contributed by atoms with Crippen LogP contribution in [0.2, 0.25) is 0 Å². The summed E-state index contributed by atoms with van der Waals surface area (Å²) >= 11 is 0. The number of nitriles is 1. The average molecular weight is 352 g/mol. The summed E-state index contributed by atoms with van der Waals surface area (Å²) in [6.07, 6.45) is 2.22. The van der Waals surface area contributed by atoms with Crippen molar-refractivity contribution in [3.63, 3.8) is 0 Å². The van der Waals surface area contributed by atoms with Gasteiger partial charge in [0.05, 0.1) is 25.3 Å². The minimum Gasteiger partial charge on any atom is -0.616 e. The zero-order valence-electron chi connectivity index (χ0n) is 14.9. The van der Waals surface area contributed by atoms with E-state index in [1.807, 2.05) is 36.7 Å². The van der Waals surface area contributed by atoms with Crippen LogP contribution in [-0.2, 0) is 13.0 Å². The first-order valence-electron chi connectivity index (χ1n) is 8.35. The Morgan fingerprint density at radius 1 is 1.38 bits per heavy atom. The lowest BCUT2D eigenvalue weighted by Gasteiger charge is -2.13. The molecule has 0 unspecified atom stereocenters. The summed E-state index contributed by atoms with van der Waals surface area (Å²) in [7, 11) is 1.41. The molecule has 3 rings (SSSR count). The predicted molar refractivity (Wildman–Crippen MR) is 96.9 cm³/mol. The molecule has 7 heteroatoms. The van der Waals surface area contributed by atoms with Crippen LogP contribution in [0.5, 0.6) is 5.88 Å². The van der Waals surface area contributed by atoms with Crippen molar-refractivity contribution < 1.29 is 9.47 Å². The van der Waals surface area contributed by atoms with Gasteiger partial charge in [-0.2, -0.15) is 5.26 Å². The Hall–Kier alpha value is -3.27. The van der Waals surface area contributed by atoms with Gasteiger partial charge in [0.2, 0.25) is 0 Å². The van der Waals surface area contributed by atoms with Crippen LogP contribution >= 0.6 is 0 Å². The van der Waals surface area contributed by atoms with E-state index >= 15 is 0 Å². The molecule has 0 saturated carbocycles. The number of fused-ring (bicyclic) bond motifs is 1. The number of H-pyrrole nitrogens is 1. The van der Waals surface area contributed by atoms with Crippen molar-refractivity contribution in [2.24, 2.45) is 5.92 Å². The number of aromatic amines is 1. The quantitative estimate of drug-likeness (QED) is 0.561. The number of hydrogen-bond acceptors (Lipinski definition) is 4. The van der Waals surface area contributed by atoms with Gasteiger partial charge in [-0.25, -0.2) is 0 Å². The number of methoxy groups -OCH3 is 1. The van der Waals surface area contributed by atoms with Crippen LogP contribution in [0.1, 0.15) is 30.8 Å². The molecule has 1 N–H and O–H groups in total. The summed E-state index contributed by atoms with van der Waals surface area (Å²) < 4.78 is 7.76. The lowest BCUT2D eigenvalue weighted by molar-refractivity contribution is -0.622. The van der Waals surface area contributed by atoms with Gasteiger partial charge < -0.3 is 19.5 Å². The molecule has 0 fully saturated rings. The third kappa shape index (κ3) is 3.14. The Morgan fingerprint density at radius 2 is 2.15 bits per heavy atom. The maximum absolute atomic E-state index is 12.6. The number of rotatable bonds is 5. The number of benzene rings is 1. The minimum atomic E-state index is -0.396. The topological polar surface area (TPSA) is 97.8 Å². The van der Waals surface area contributed by atoms with Gasteiger partial charge in [0.1, 0.15) is 0 Å². The van der Waals surface area contributed by atoms with E-state index in [0.29, 0.717) is 22.4 Å². The van der Waals surface area contributed by atoms with Crippen molar-refractivity contribution in [1.29, 1.82) is 5.26 Å². The zero-order valence-corrected chi connectivity index (χ0v) is 14.9. The van der Waals surface area contributed by atoms with E-state index in [2.05, 4.69) is 11.1 Å². The summed E-state index contributed by atoms with van der Waals surface area (Å²) in [5.74, 6) is 0.269. The number of hydrogen-bond donors (Lipinski definition) is 1. The minimum absolute atomic E-state index is 0.0933. The van der Waals surface area contributed by atoms with Crippen LogP contribution in [0.25, 0.3) is 10.9 Å². The molecule has 0 amide bonds. The third-order valence-corrected chi connectivity index (χ3v) is 4.24. The largest absolute Gasteiger partial charge is 0.616 e. The average Bonchev–Trinajstić information content (AvgIpc) is 3.00. The monoisotopic (exact) mass is 352 g/mol. The second-order valence-corrected chi connectivity index (χ2v) is 6.61. The molecule has 0 saturated heterocycles. The summed E-state index contributed by atoms with van der Waals surface area (Å²) in [5, 5.41) is 22.5. The van der Waals surface area contributed by atoms with E-state index in [9.17, 15) is 10.0 Å². The van der Waals surface area contributed by atoms with E-state index in [-0.39, 0.29) is 24.0 Å². The number of nitrogens with zero attached hydrogens (tertiary/aromatic N) is 3. The lowest BCUT2D eigenvalue weighted by Crippen LogP contribution is -2.43. The lowest BCUT2D eigenvalue weighted by atomic mass is 10.1. The van der Waals surface area contributed by atoms with E-state index < -0.39 is 5.56 Å². The normalized spacial score (nSPS) is 11.0. The highest BCUT2D eigenvalue weighted by Gasteiger charge is 2.23. The molecule has 134 valence electrons. The highest BCUT2D eigenvalue weighted by Crippen LogP contribution is 2.20. The predicted octanol–water partition coefficient (Wildman–Crippen LogP) is 2.09. The number of ether oxygens (including phenoxy) is 1. The van der Waals surface area contributed by atoms with Crippen LogP contribution in [-0.4, -0.2) is 16.7 Å². The molecule has 2 aromatic heterocycles. The van der Waals surface area contributed by atoms with Crippen LogP contribution in [0, 0.1) is 22.5 Å². The highest BCUT2D eigenvalue weighted by molar-refractivity contribution is 5.81. The molecule has 0 radical (unpaired) electrons. The maximum Gasteiger partial charge on any atom is 0.401 e. The second kappa shape index (κ2) is 6.92. The third-order valence-electron chi connectivity index (χ3n) is 4.24. The van der Waals surface area contributed by atoms with Gasteiger partial charge in [-0.05, 0) is 30.2 Å². The van der Waals surface area contributed by atoms with E-state index in [0.717, 1.165) is 10.9 Å². The molecule has 3 aromatic rings. The zero-order chi connectivity index (χ0) is 18.8. The fraction of sp³-hybridized carbons (Fsp3) is 0.316. The van der Waals surface area contributed by atoms with E-state index in [1.165, 1.54) is 7.11 Å². The van der Waals surface area contributed by atoms with Crippen LogP contribution < -0.4 is 15.0 Å². The maximum atomic E-state index is 12.6. The van der Waals surface area contributed by atoms with Gasteiger partial charge >= 0.3 is 11.4 Å². The molecule has 0 atom stereocenters. The molecule has 7 nitrogen and oxygen atoms in total. The van der Waals surface area contributed by atoms with Gasteiger partial charge in [-0.3, -0.25) is 4.79 Å². The summed E-state index contributed by atoms with van der Waals surface area (Å²) in [6, 6.07) is 9.38. The molecule has 2 heterocycles. The fourth-order valence-corrected chi connectivity index (χ4v) is 3.05. The van der Waals surface area contributed by atoms with Crippen molar-refractivity contribution in [1.82, 2.24) is 9.55 Å². The Balaban J connectivity index is 2.05. The molecule has 0 spiro atoms. The van der Waals surface area contributed by atoms with Crippen molar-refractivity contribution in [3.05, 3.63) is 63.0 Å².